The zero-order valence-corrected chi connectivity index (χ0v) is 82.0. The fourth-order valence-electron chi connectivity index (χ4n) is 17.7. The molecule has 42 nitrogen and oxygen atoms in total. The number of hydrogen-bond donors (Lipinski definition) is 20. The minimum absolute atomic E-state index is 0.00499. The summed E-state index contributed by atoms with van der Waals surface area (Å²) in [6, 6.07) is 24.1. The normalized spacial score (nSPS) is 17.4. The Bertz CT molecular complexity index is 5860. The predicted octanol–water partition coefficient (Wildman–Crippen LogP) is 2.74. The van der Waals surface area contributed by atoms with Gasteiger partial charge in [-0.1, -0.05) is 150 Å². The number of aromatic amines is 2. The molecule has 0 radical (unpaired) electrons. The Labute approximate surface area is 843 Å². The first kappa shape index (κ1) is 110. The van der Waals surface area contributed by atoms with E-state index in [9.17, 15) is 107 Å². The molecule has 2 aromatic heterocycles. The van der Waals surface area contributed by atoms with Crippen molar-refractivity contribution >= 4 is 117 Å². The fraction of sp³-hybridized carbons (Fsp3) is 0.442. The van der Waals surface area contributed by atoms with Gasteiger partial charge in [-0.15, -0.1) is 0 Å². The zero-order valence-electron chi connectivity index (χ0n) is 82.0. The molecule has 2 fully saturated rings. The highest BCUT2D eigenvalue weighted by Crippen LogP contribution is 2.27. The van der Waals surface area contributed by atoms with Crippen LogP contribution in [-0.4, -0.2) is 262 Å². The number of carboxylic acid groups (broad SMARTS) is 2. The van der Waals surface area contributed by atoms with E-state index in [-0.39, 0.29) is 153 Å². The summed E-state index contributed by atoms with van der Waals surface area (Å²) in [7, 11) is 0. The molecule has 146 heavy (non-hydrogen) atoms. The number of amides is 16. The van der Waals surface area contributed by atoms with Gasteiger partial charge in [0.25, 0.3) is 5.91 Å². The van der Waals surface area contributed by atoms with Gasteiger partial charge in [0.05, 0.1) is 30.6 Å². The summed E-state index contributed by atoms with van der Waals surface area (Å²) in [5, 5.41) is 80.1. The number of likely N-dealkylation sites (tertiary alicyclic amines) is 2. The number of hydrogen-bond acceptors (Lipinski definition) is 22. The van der Waals surface area contributed by atoms with Crippen molar-refractivity contribution in [2.24, 2.45) is 11.8 Å². The molecule has 778 valence electrons. The van der Waals surface area contributed by atoms with E-state index in [4.69, 9.17) is 0 Å². The van der Waals surface area contributed by atoms with Crippen LogP contribution in [0.1, 0.15) is 180 Å². The number of carboxylic acids is 2. The van der Waals surface area contributed by atoms with E-state index in [1.54, 1.807) is 119 Å². The highest BCUT2D eigenvalue weighted by atomic mass is 16.4. The first-order valence-electron chi connectivity index (χ1n) is 49.4. The first-order chi connectivity index (χ1) is 70.2. The summed E-state index contributed by atoms with van der Waals surface area (Å²) in [6.07, 6.45) is 6.59. The molecule has 14 atom stereocenters. The molecule has 16 amide bonds. The average molecular weight is 2010 g/mol. The van der Waals surface area contributed by atoms with Crippen molar-refractivity contribution in [1.82, 2.24) is 104 Å². The summed E-state index contributed by atoms with van der Waals surface area (Å²) in [5.41, 5.74) is 3.86. The molecule has 2 unspecified atom stereocenters. The molecule has 11 rings (SSSR count). The van der Waals surface area contributed by atoms with Gasteiger partial charge < -0.3 is 115 Å². The van der Waals surface area contributed by atoms with E-state index in [0.717, 1.165) is 5.39 Å². The maximum atomic E-state index is 14.7. The number of phenolic OH excluding ortho intramolecular Hbond substituents is 2. The number of carbonyl (C=O) groups excluding carboxylic acids is 16. The molecule has 20 N–H and O–H groups in total. The zero-order chi connectivity index (χ0) is 105. The van der Waals surface area contributed by atoms with Crippen molar-refractivity contribution in [3.63, 3.8) is 0 Å². The van der Waals surface area contributed by atoms with Crippen molar-refractivity contribution in [1.29, 1.82) is 0 Å². The molecule has 2 bridgehead atoms. The topological polar surface area (TPSA) is 620 Å². The third kappa shape index (κ3) is 33.3. The smallest absolute Gasteiger partial charge is 0.326 e. The van der Waals surface area contributed by atoms with E-state index in [2.05, 4.69) is 94.4 Å². The minimum Gasteiger partial charge on any atom is -0.508 e. The summed E-state index contributed by atoms with van der Waals surface area (Å²) >= 11 is 0. The molecule has 8 aromatic rings. The van der Waals surface area contributed by atoms with Gasteiger partial charge in [0, 0.05) is 115 Å². The third-order valence-electron chi connectivity index (χ3n) is 26.3. The van der Waals surface area contributed by atoms with Gasteiger partial charge in [0.15, 0.2) is 0 Å². The van der Waals surface area contributed by atoms with Crippen molar-refractivity contribution in [3.05, 3.63) is 215 Å². The van der Waals surface area contributed by atoms with Gasteiger partial charge in [0.1, 0.15) is 84.0 Å². The lowest BCUT2D eigenvalue weighted by Crippen LogP contribution is -2.60. The van der Waals surface area contributed by atoms with Crippen LogP contribution < -0.4 is 74.4 Å². The Morgan fingerprint density at radius 3 is 1.27 bits per heavy atom. The van der Waals surface area contributed by atoms with E-state index < -0.39 is 210 Å². The second-order valence-corrected chi connectivity index (χ2v) is 37.1. The van der Waals surface area contributed by atoms with Gasteiger partial charge in [0.2, 0.25) is 88.6 Å². The van der Waals surface area contributed by atoms with Gasteiger partial charge in [-0.2, -0.15) is 0 Å². The quantitative estimate of drug-likeness (QED) is 0.0244. The summed E-state index contributed by atoms with van der Waals surface area (Å²) in [4.78, 5) is 268. The number of H-pyrrole nitrogens is 2. The van der Waals surface area contributed by atoms with Gasteiger partial charge in [-0.05, 0) is 151 Å². The van der Waals surface area contributed by atoms with Crippen LogP contribution >= 0.6 is 0 Å². The second-order valence-electron chi connectivity index (χ2n) is 37.1. The van der Waals surface area contributed by atoms with E-state index in [1.807, 2.05) is 6.07 Å². The minimum atomic E-state index is -1.37. The summed E-state index contributed by atoms with van der Waals surface area (Å²) in [6.45, 7) is 6.62. The number of imidazole rings is 2. The molecule has 0 spiro atoms. The number of aliphatic carboxylic acids is 2. The number of rotatable bonds is 50. The lowest BCUT2D eigenvalue weighted by Gasteiger charge is -2.31. The molecule has 5 heterocycles. The van der Waals surface area contributed by atoms with Crippen LogP contribution in [0.15, 0.2) is 171 Å². The Hall–Kier alpha value is -15.9. The number of carbonyl (C=O) groups is 18. The van der Waals surface area contributed by atoms with E-state index >= 15 is 0 Å². The second kappa shape index (κ2) is 55.1. The Balaban J connectivity index is 0.651. The Kier molecular flexibility index (Phi) is 41.6. The molecular weight excluding hydrogens is 1880 g/mol. The van der Waals surface area contributed by atoms with Crippen molar-refractivity contribution < 1.29 is 107 Å². The van der Waals surface area contributed by atoms with Gasteiger partial charge in [-0.25, -0.2) is 19.6 Å². The standard InChI is InChI=1S/C104H130N20O22/c1-5-61(3)90(99(139)117-79(53-70-56-105-59-111-70)101(141)123-46-18-28-83(123)97(137)119-81(103(143)144)50-63-20-9-7-10-21-63)121-95(135)77(48-65-30-36-72(125)37-31-65)114-87(129)42-40-85(127)107-44-15-13-26-75-93(133)109-55-69-25-17-24-67-34-35-68(52-74(67)69)92(132)116-76(94(134)110-58-89(131)113-75)27-14-16-45-108-86(128)41-43-88(130)115-78(49-66-32-38-73(126)39-33-66)96(136)122-91(62(4)6-2)100(140)118-80(54-71-57-106-60-112-71)102(142)124-47-19-29-84(124)98(138)120-82(104(145)146)51-64-22-11-8-12-23-64/h7-12,17,20-25,30-39,52,56-57,59-62,75-84,90-91,125-126H,5-6,13-16,18-19,26-29,40-51,53-55,58H2,1-4H3,(H,105,111)(H,106,112)(H,107,127)(H,108,128)(H,109,133)(H,110,134)(H,113,131)(H,114,129)(H,115,130)(H,116,132)(H,117,139)(H,118,140)(H,119,137)(H,120,138)(H,121,135)(H,122,136)(H,143,144)(H,145,146)/t61?,62?,75-,76-,77+,78+,79+,80+,81+,82+,83+,84+,90+,91+/m1/s1. The number of benzene rings is 6. The molecule has 3 aliphatic rings. The van der Waals surface area contributed by atoms with Crippen molar-refractivity contribution in [3.8, 4) is 11.5 Å². The number of nitrogens with one attached hydrogen (secondary N) is 16. The Morgan fingerprint density at radius 2 is 0.842 bits per heavy atom. The van der Waals surface area contributed by atoms with Crippen LogP contribution in [0, 0.1) is 11.8 Å². The van der Waals surface area contributed by atoms with Crippen LogP contribution in [0.2, 0.25) is 0 Å². The number of fused-ring (bicyclic) bond motifs is 1. The van der Waals surface area contributed by atoms with Gasteiger partial charge >= 0.3 is 11.9 Å². The van der Waals surface area contributed by atoms with E-state index in [1.165, 1.54) is 83.4 Å². The molecule has 0 aliphatic carbocycles. The van der Waals surface area contributed by atoms with Crippen LogP contribution in [-0.2, 0) is 127 Å². The maximum absolute atomic E-state index is 14.7. The van der Waals surface area contributed by atoms with Crippen molar-refractivity contribution in [2.75, 3.05) is 32.7 Å². The van der Waals surface area contributed by atoms with Gasteiger partial charge in [-0.3, -0.25) is 76.7 Å². The molecular formula is C104H130N20O22. The molecule has 2 saturated heterocycles. The largest absolute Gasteiger partial charge is 0.508 e. The number of nitrogens with zero attached hydrogens (tertiary/aromatic N) is 4. The van der Waals surface area contributed by atoms with Crippen molar-refractivity contribution in [2.45, 2.75) is 248 Å². The lowest BCUT2D eigenvalue weighted by molar-refractivity contribution is -0.145. The summed E-state index contributed by atoms with van der Waals surface area (Å²) < 4.78 is 0. The Morgan fingerprint density at radius 1 is 0.425 bits per heavy atom. The molecule has 0 saturated carbocycles. The van der Waals surface area contributed by atoms with Crippen LogP contribution in [0.3, 0.4) is 0 Å². The van der Waals surface area contributed by atoms with Crippen LogP contribution in [0.4, 0.5) is 0 Å². The number of unbranched alkanes of at least 4 members (excludes halogenated alkanes) is 2. The number of aromatic nitrogens is 4. The van der Waals surface area contributed by atoms with E-state index in [0.29, 0.717) is 70.3 Å². The third-order valence-corrected chi connectivity index (χ3v) is 26.3. The highest BCUT2D eigenvalue weighted by Gasteiger charge is 2.44. The SMILES string of the molecule is CCC(C)[C@H](NC(=O)[C@H](Cc1ccc(O)cc1)NC(=O)CCC(=O)NCCCC[C@H]1NC(=O)CNC(=O)[C@@H](CCCCNC(=O)CCC(=O)N[C@@H](Cc2ccc(O)cc2)C(=O)N[C@H](C(=O)N[C@@H](Cc2c[nH]cn2)C(=O)N2CCC[C@H]2C(=O)N[C@@H](Cc2ccccc2)C(=O)O)C(C)CC)NC(=O)c2ccc3cccc(c3c2)CNC1=O)C(=O)N[C@@H](Cc1c[nH]cn1)C(=O)N1CCC[C@H]1C(=O)N[C@@H](Cc1ccccc1)C(=O)O. The average Bonchev–Trinajstić information content (AvgIpc) is 1.50. The maximum Gasteiger partial charge on any atom is 0.326 e. The lowest BCUT2D eigenvalue weighted by atomic mass is 9.96. The highest BCUT2D eigenvalue weighted by molar-refractivity contribution is 6.03. The summed E-state index contributed by atoms with van der Waals surface area (Å²) in [5.74, 6) is -15.0. The molecule has 6 aromatic carbocycles. The monoisotopic (exact) mass is 2010 g/mol. The number of aromatic hydroxyl groups is 2. The fourth-order valence-corrected chi connectivity index (χ4v) is 17.7. The first-order valence-corrected chi connectivity index (χ1v) is 49.4. The predicted molar refractivity (Wildman–Crippen MR) is 532 cm³/mol. The molecule has 3 aliphatic heterocycles. The molecule has 42 heteroatoms. The number of phenols is 2. The van der Waals surface area contributed by atoms with Crippen LogP contribution in [0.5, 0.6) is 11.5 Å². The van der Waals surface area contributed by atoms with Crippen LogP contribution in [0.25, 0.3) is 10.8 Å².